The molecule has 0 fully saturated rings. The fourth-order valence-corrected chi connectivity index (χ4v) is 2.17. The van der Waals surface area contributed by atoms with Crippen LogP contribution in [0.4, 0.5) is 0 Å². The van der Waals surface area contributed by atoms with Crippen molar-refractivity contribution in [1.29, 1.82) is 0 Å². The smallest absolute Gasteiger partial charge is 0.0950 e. The van der Waals surface area contributed by atoms with Crippen molar-refractivity contribution < 1.29 is 0 Å². The van der Waals surface area contributed by atoms with Crippen LogP contribution in [-0.2, 0) is 19.6 Å². The molecule has 2 heterocycles. The number of hydrogen-bond acceptors (Lipinski definition) is 4. The molecule has 86 valence electrons. The summed E-state index contributed by atoms with van der Waals surface area (Å²) in [6.07, 6.45) is 3.86. The molecule has 5 heteroatoms. The first-order chi connectivity index (χ1) is 7.88. The van der Waals surface area contributed by atoms with Crippen molar-refractivity contribution in [3.05, 3.63) is 40.6 Å². The highest BCUT2D eigenvalue weighted by Gasteiger charge is 1.98. The Morgan fingerprint density at radius 3 is 3.12 bits per heavy atom. The van der Waals surface area contributed by atoms with Gasteiger partial charge in [0.25, 0.3) is 0 Å². The lowest BCUT2D eigenvalue weighted by Gasteiger charge is -1.99. The van der Waals surface area contributed by atoms with Crippen molar-refractivity contribution in [1.82, 2.24) is 14.9 Å². The molecule has 0 spiro atoms. The second kappa shape index (κ2) is 5.79. The summed E-state index contributed by atoms with van der Waals surface area (Å²) >= 11 is 1.77. The second-order valence-electron chi connectivity index (χ2n) is 3.57. The van der Waals surface area contributed by atoms with Crippen molar-refractivity contribution in [2.45, 2.75) is 19.6 Å². The van der Waals surface area contributed by atoms with Crippen LogP contribution in [-0.4, -0.2) is 16.1 Å². The number of imidazole rings is 1. The van der Waals surface area contributed by atoms with Gasteiger partial charge in [-0.2, -0.15) is 0 Å². The normalized spacial score (nSPS) is 10.8. The Morgan fingerprint density at radius 2 is 2.38 bits per heavy atom. The Balaban J connectivity index is 1.76. The third kappa shape index (κ3) is 3.16. The molecule has 0 aliphatic rings. The SMILES string of the molecule is NCCn1cnc(CNCc2cccs2)c1. The van der Waals surface area contributed by atoms with Gasteiger partial charge in [0.1, 0.15) is 0 Å². The van der Waals surface area contributed by atoms with Crippen LogP contribution in [0.5, 0.6) is 0 Å². The van der Waals surface area contributed by atoms with Gasteiger partial charge in [-0.05, 0) is 11.4 Å². The van der Waals surface area contributed by atoms with E-state index < -0.39 is 0 Å². The molecule has 0 aliphatic carbocycles. The molecule has 2 rings (SSSR count). The van der Waals surface area contributed by atoms with E-state index in [2.05, 4.69) is 27.8 Å². The maximum atomic E-state index is 5.47. The molecule has 2 aromatic heterocycles. The Kier molecular flexibility index (Phi) is 4.10. The molecule has 0 saturated carbocycles. The zero-order valence-corrected chi connectivity index (χ0v) is 9.91. The van der Waals surface area contributed by atoms with Crippen molar-refractivity contribution in [3.8, 4) is 0 Å². The van der Waals surface area contributed by atoms with E-state index in [0.717, 1.165) is 25.3 Å². The van der Waals surface area contributed by atoms with Crippen LogP contribution < -0.4 is 11.1 Å². The highest BCUT2D eigenvalue weighted by molar-refractivity contribution is 7.09. The molecule has 0 radical (unpaired) electrons. The standard InChI is InChI=1S/C11H16N4S/c12-3-4-15-8-10(14-9-15)6-13-7-11-2-1-5-16-11/h1-2,5,8-9,13H,3-4,6-7,12H2. The number of nitrogens with zero attached hydrogens (tertiary/aromatic N) is 2. The van der Waals surface area contributed by atoms with Gasteiger partial charge in [0.15, 0.2) is 0 Å². The lowest BCUT2D eigenvalue weighted by Crippen LogP contribution is -2.12. The van der Waals surface area contributed by atoms with Gasteiger partial charge < -0.3 is 15.6 Å². The van der Waals surface area contributed by atoms with Gasteiger partial charge in [-0.15, -0.1) is 11.3 Å². The van der Waals surface area contributed by atoms with Gasteiger partial charge in [0, 0.05) is 37.3 Å². The van der Waals surface area contributed by atoms with Crippen LogP contribution in [0.1, 0.15) is 10.6 Å². The van der Waals surface area contributed by atoms with E-state index in [4.69, 9.17) is 5.73 Å². The molecule has 4 nitrogen and oxygen atoms in total. The molecule has 0 saturated heterocycles. The second-order valence-corrected chi connectivity index (χ2v) is 4.61. The number of thiophene rings is 1. The summed E-state index contributed by atoms with van der Waals surface area (Å²) in [4.78, 5) is 5.65. The fraction of sp³-hybridized carbons (Fsp3) is 0.364. The Hall–Kier alpha value is -1.17. The van der Waals surface area contributed by atoms with Crippen LogP contribution in [0, 0.1) is 0 Å². The number of hydrogen-bond donors (Lipinski definition) is 2. The van der Waals surface area contributed by atoms with Crippen molar-refractivity contribution in [2.75, 3.05) is 6.54 Å². The molecule has 3 N–H and O–H groups in total. The predicted molar refractivity (Wildman–Crippen MR) is 66.1 cm³/mol. The zero-order chi connectivity index (χ0) is 11.2. The summed E-state index contributed by atoms with van der Waals surface area (Å²) < 4.78 is 2.02. The highest BCUT2D eigenvalue weighted by Crippen LogP contribution is 2.07. The third-order valence-corrected chi connectivity index (χ3v) is 3.14. The van der Waals surface area contributed by atoms with E-state index >= 15 is 0 Å². The van der Waals surface area contributed by atoms with Gasteiger partial charge in [0.05, 0.1) is 12.0 Å². The predicted octanol–water partition coefficient (Wildman–Crippen LogP) is 1.19. The maximum Gasteiger partial charge on any atom is 0.0950 e. The summed E-state index contributed by atoms with van der Waals surface area (Å²) in [5.41, 5.74) is 6.53. The lowest BCUT2D eigenvalue weighted by atomic mass is 10.4. The molecule has 0 unspecified atom stereocenters. The summed E-state index contributed by atoms with van der Waals surface area (Å²) in [6, 6.07) is 4.20. The Labute approximate surface area is 99.1 Å². The van der Waals surface area contributed by atoms with E-state index in [-0.39, 0.29) is 0 Å². The van der Waals surface area contributed by atoms with Crippen molar-refractivity contribution in [3.63, 3.8) is 0 Å². The summed E-state index contributed by atoms with van der Waals surface area (Å²) in [5, 5.41) is 5.45. The molecule has 0 aliphatic heterocycles. The van der Waals surface area contributed by atoms with E-state index in [1.54, 1.807) is 11.3 Å². The average molecular weight is 236 g/mol. The zero-order valence-electron chi connectivity index (χ0n) is 9.10. The minimum absolute atomic E-state index is 0.651. The minimum Gasteiger partial charge on any atom is -0.336 e. The molecule has 0 amide bonds. The molecule has 0 bridgehead atoms. The van der Waals surface area contributed by atoms with E-state index in [0.29, 0.717) is 6.54 Å². The average Bonchev–Trinajstić information content (AvgIpc) is 2.90. The van der Waals surface area contributed by atoms with Crippen LogP contribution in [0.2, 0.25) is 0 Å². The fourth-order valence-electron chi connectivity index (χ4n) is 1.50. The monoisotopic (exact) mass is 236 g/mol. The lowest BCUT2D eigenvalue weighted by molar-refractivity contribution is 0.683. The van der Waals surface area contributed by atoms with Gasteiger partial charge >= 0.3 is 0 Å². The first-order valence-electron chi connectivity index (χ1n) is 5.32. The Morgan fingerprint density at radius 1 is 1.44 bits per heavy atom. The van der Waals surface area contributed by atoms with Crippen molar-refractivity contribution >= 4 is 11.3 Å². The third-order valence-electron chi connectivity index (χ3n) is 2.26. The molecule has 2 aromatic rings. The van der Waals surface area contributed by atoms with Crippen LogP contribution in [0.25, 0.3) is 0 Å². The summed E-state index contributed by atoms with van der Waals surface area (Å²) in [5.74, 6) is 0. The molecular formula is C11H16N4S. The van der Waals surface area contributed by atoms with Gasteiger partial charge in [-0.3, -0.25) is 0 Å². The largest absolute Gasteiger partial charge is 0.336 e. The topological polar surface area (TPSA) is 55.9 Å². The number of nitrogens with one attached hydrogen (secondary N) is 1. The summed E-state index contributed by atoms with van der Waals surface area (Å²) in [6.45, 7) is 3.19. The van der Waals surface area contributed by atoms with Crippen molar-refractivity contribution in [2.24, 2.45) is 5.73 Å². The molecule has 0 atom stereocenters. The highest BCUT2D eigenvalue weighted by atomic mass is 32.1. The summed E-state index contributed by atoms with van der Waals surface area (Å²) in [7, 11) is 0. The first-order valence-corrected chi connectivity index (χ1v) is 6.20. The Bertz CT molecular complexity index is 407. The molecular weight excluding hydrogens is 220 g/mol. The van der Waals surface area contributed by atoms with Crippen LogP contribution >= 0.6 is 11.3 Å². The number of nitrogens with two attached hydrogens (primary N) is 1. The minimum atomic E-state index is 0.651. The maximum absolute atomic E-state index is 5.47. The first kappa shape index (κ1) is 11.3. The van der Waals surface area contributed by atoms with E-state index in [1.807, 2.05) is 17.1 Å². The number of aromatic nitrogens is 2. The van der Waals surface area contributed by atoms with E-state index in [1.165, 1.54) is 4.88 Å². The molecule has 16 heavy (non-hydrogen) atoms. The number of rotatable bonds is 6. The van der Waals surface area contributed by atoms with Gasteiger partial charge in [-0.1, -0.05) is 6.07 Å². The van der Waals surface area contributed by atoms with Gasteiger partial charge in [-0.25, -0.2) is 4.98 Å². The van der Waals surface area contributed by atoms with Crippen LogP contribution in [0.15, 0.2) is 30.0 Å². The quantitative estimate of drug-likeness (QED) is 0.792. The van der Waals surface area contributed by atoms with Gasteiger partial charge in [0.2, 0.25) is 0 Å². The van der Waals surface area contributed by atoms with Crippen LogP contribution in [0.3, 0.4) is 0 Å². The van der Waals surface area contributed by atoms with E-state index in [9.17, 15) is 0 Å². The molecule has 0 aromatic carbocycles.